The third kappa shape index (κ3) is 17.2. The van der Waals surface area contributed by atoms with Crippen LogP contribution in [0.25, 0.3) is 0 Å². The van der Waals surface area contributed by atoms with Crippen LogP contribution < -0.4 is 15.6 Å². The number of unbranched alkanes of at least 4 members (excludes halogenated alkanes) is 18. The van der Waals surface area contributed by atoms with Crippen LogP contribution in [0.2, 0.25) is 0 Å². The summed E-state index contributed by atoms with van der Waals surface area (Å²) < 4.78 is 0. The first-order valence-corrected chi connectivity index (χ1v) is 29.9. The van der Waals surface area contributed by atoms with Crippen LogP contribution in [-0.4, -0.2) is 8.07 Å². The Bertz CT molecular complexity index is 1550. The number of aryl methyl sites for hydroxylation is 6. The molecule has 3 aromatic rings. The van der Waals surface area contributed by atoms with Gasteiger partial charge in [0.1, 0.15) is 0 Å². The standard InChI is InChI=1S/C63H100Si/c1-10-16-22-28-34-52-42-53(35-29-23-17-11-2)46-60(45-52)64(59-41-40-58(51-59)63(7,8)9,61-47-54(36-30-24-18-12-3)43-55(48-61)37-31-25-19-13-4)62-49-56(38-32-26-20-14-5)44-57(50-62)39-33-27-21-15-6/h40,42-51H,10-39,41H2,1-9H3. The average Bonchev–Trinajstić information content (AvgIpc) is 3.79. The fourth-order valence-corrected chi connectivity index (χ4v) is 16.0. The highest BCUT2D eigenvalue weighted by atomic mass is 28.3. The molecule has 1 aliphatic rings. The maximum Gasteiger partial charge on any atom is 0.176 e. The van der Waals surface area contributed by atoms with Crippen molar-refractivity contribution in [2.75, 3.05) is 0 Å². The van der Waals surface area contributed by atoms with Gasteiger partial charge in [0.15, 0.2) is 8.07 Å². The van der Waals surface area contributed by atoms with E-state index in [2.05, 4.69) is 129 Å². The topological polar surface area (TPSA) is 0 Å². The quantitative estimate of drug-likeness (QED) is 0.0318. The molecule has 0 aromatic heterocycles. The fourth-order valence-electron chi connectivity index (χ4n) is 10.7. The molecular weight excluding hydrogens is 785 g/mol. The Balaban J connectivity index is 2.15. The Hall–Kier alpha value is -2.64. The van der Waals surface area contributed by atoms with E-state index < -0.39 is 8.07 Å². The highest BCUT2D eigenvalue weighted by Crippen LogP contribution is 2.37. The van der Waals surface area contributed by atoms with E-state index in [1.54, 1.807) is 59.7 Å². The first kappa shape index (κ1) is 54.0. The van der Waals surface area contributed by atoms with Crippen molar-refractivity contribution < 1.29 is 0 Å². The summed E-state index contributed by atoms with van der Waals surface area (Å²) in [4.78, 5) is 0. The molecule has 1 aliphatic carbocycles. The number of hydrogen-bond donors (Lipinski definition) is 0. The second-order valence-corrected chi connectivity index (χ2v) is 25.4. The summed E-state index contributed by atoms with van der Waals surface area (Å²) in [5, 5.41) is 6.78. The van der Waals surface area contributed by atoms with Crippen molar-refractivity contribution in [3.8, 4) is 0 Å². The van der Waals surface area contributed by atoms with Gasteiger partial charge in [0.05, 0.1) is 0 Å². The lowest BCUT2D eigenvalue weighted by Crippen LogP contribution is -2.69. The molecule has 0 saturated carbocycles. The third-order valence-corrected chi connectivity index (χ3v) is 19.4. The van der Waals surface area contributed by atoms with Gasteiger partial charge in [-0.15, -0.1) is 0 Å². The summed E-state index contributed by atoms with van der Waals surface area (Å²) in [6.07, 6.45) is 45.3. The van der Waals surface area contributed by atoms with Crippen LogP contribution in [-0.2, 0) is 38.5 Å². The zero-order chi connectivity index (χ0) is 46.0. The van der Waals surface area contributed by atoms with Crippen molar-refractivity contribution in [1.82, 2.24) is 0 Å². The Labute approximate surface area is 399 Å². The zero-order valence-electron chi connectivity index (χ0n) is 43.8. The molecule has 0 nitrogen and oxygen atoms in total. The maximum absolute atomic E-state index is 2.82. The molecule has 0 bridgehead atoms. The zero-order valence-corrected chi connectivity index (χ0v) is 44.8. The molecule has 356 valence electrons. The highest BCUT2D eigenvalue weighted by molar-refractivity contribution is 7.16. The number of hydrogen-bond acceptors (Lipinski definition) is 0. The molecule has 3 aromatic carbocycles. The third-order valence-electron chi connectivity index (χ3n) is 14.6. The van der Waals surface area contributed by atoms with Gasteiger partial charge in [-0.25, -0.2) is 0 Å². The smallest absolute Gasteiger partial charge is 0.0771 e. The van der Waals surface area contributed by atoms with Crippen LogP contribution in [0.5, 0.6) is 0 Å². The van der Waals surface area contributed by atoms with Crippen LogP contribution in [0.4, 0.5) is 0 Å². The van der Waals surface area contributed by atoms with Gasteiger partial charge in [-0.2, -0.15) is 0 Å². The largest absolute Gasteiger partial charge is 0.176 e. The summed E-state index contributed by atoms with van der Waals surface area (Å²) in [6, 6.07) is 24.8. The minimum atomic E-state index is -2.82. The van der Waals surface area contributed by atoms with E-state index in [1.807, 2.05) is 0 Å². The van der Waals surface area contributed by atoms with Gasteiger partial charge in [-0.1, -0.05) is 250 Å². The second-order valence-electron chi connectivity index (χ2n) is 21.5. The normalized spacial score (nSPS) is 13.2. The number of allylic oxidation sites excluding steroid dienone is 4. The van der Waals surface area contributed by atoms with Gasteiger partial charge >= 0.3 is 0 Å². The van der Waals surface area contributed by atoms with Crippen LogP contribution >= 0.6 is 0 Å². The van der Waals surface area contributed by atoms with Crippen LogP contribution in [0.3, 0.4) is 0 Å². The summed E-state index contributed by atoms with van der Waals surface area (Å²) in [5.74, 6) is 0. The van der Waals surface area contributed by atoms with Crippen molar-refractivity contribution in [3.63, 3.8) is 0 Å². The Morgan fingerprint density at radius 3 is 0.797 bits per heavy atom. The molecular formula is C63H100Si. The summed E-state index contributed by atoms with van der Waals surface area (Å²) in [7, 11) is -2.82. The van der Waals surface area contributed by atoms with Crippen LogP contribution in [0.1, 0.15) is 256 Å². The molecule has 1 heteroatoms. The van der Waals surface area contributed by atoms with E-state index in [-0.39, 0.29) is 5.41 Å². The molecule has 0 aliphatic heterocycles. The molecule has 0 radical (unpaired) electrons. The van der Waals surface area contributed by atoms with Crippen molar-refractivity contribution >= 4 is 23.6 Å². The molecule has 0 fully saturated rings. The SMILES string of the molecule is CCCCCCc1cc(CCCCCC)cc([Si](C2=CC(C(C)(C)C)=CC2)(c2cc(CCCCCC)cc(CCCCCC)c2)c2cc(CCCCCC)cc(CCCCCC)c2)c1. The monoisotopic (exact) mass is 885 g/mol. The van der Waals surface area contributed by atoms with E-state index >= 15 is 0 Å². The van der Waals surface area contributed by atoms with Gasteiger partial charge in [0.25, 0.3) is 0 Å². The van der Waals surface area contributed by atoms with Gasteiger partial charge in [-0.05, 0) is 143 Å². The maximum atomic E-state index is 2.80. The molecule has 64 heavy (non-hydrogen) atoms. The minimum absolute atomic E-state index is 0.116. The van der Waals surface area contributed by atoms with Gasteiger partial charge in [-0.3, -0.25) is 0 Å². The fraction of sp³-hybridized carbons (Fsp3) is 0.651. The molecule has 0 heterocycles. The van der Waals surface area contributed by atoms with Crippen molar-refractivity contribution in [2.24, 2.45) is 5.41 Å². The van der Waals surface area contributed by atoms with E-state index in [0.29, 0.717) is 0 Å². The summed E-state index contributed by atoms with van der Waals surface area (Å²) in [5.41, 5.74) is 11.3. The predicted molar refractivity (Wildman–Crippen MR) is 291 cm³/mol. The molecule has 0 atom stereocenters. The Morgan fingerprint density at radius 1 is 0.344 bits per heavy atom. The van der Waals surface area contributed by atoms with E-state index in [9.17, 15) is 0 Å². The average molecular weight is 886 g/mol. The number of benzene rings is 3. The molecule has 0 unspecified atom stereocenters. The van der Waals surface area contributed by atoms with Gasteiger partial charge < -0.3 is 0 Å². The van der Waals surface area contributed by atoms with Crippen molar-refractivity contribution in [3.05, 3.63) is 111 Å². The summed E-state index contributed by atoms with van der Waals surface area (Å²) in [6.45, 7) is 21.5. The first-order valence-electron chi connectivity index (χ1n) is 27.9. The molecule has 0 amide bonds. The highest BCUT2D eigenvalue weighted by Gasteiger charge is 2.45. The lowest BCUT2D eigenvalue weighted by atomic mass is 9.87. The van der Waals surface area contributed by atoms with Crippen molar-refractivity contribution in [1.29, 1.82) is 0 Å². The lowest BCUT2D eigenvalue weighted by molar-refractivity contribution is 0.518. The lowest BCUT2D eigenvalue weighted by Gasteiger charge is -2.38. The van der Waals surface area contributed by atoms with Gasteiger partial charge in [0, 0.05) is 0 Å². The van der Waals surface area contributed by atoms with E-state index in [4.69, 9.17) is 0 Å². The minimum Gasteiger partial charge on any atom is -0.0771 e. The number of rotatable bonds is 34. The predicted octanol–water partition coefficient (Wildman–Crippen LogP) is 17.7. The van der Waals surface area contributed by atoms with Crippen LogP contribution in [0, 0.1) is 5.41 Å². The molecule has 0 saturated heterocycles. The second kappa shape index (κ2) is 29.9. The first-order chi connectivity index (χ1) is 31.1. The Kier molecular flexibility index (Phi) is 25.2. The van der Waals surface area contributed by atoms with Crippen LogP contribution in [0.15, 0.2) is 77.5 Å². The van der Waals surface area contributed by atoms with Gasteiger partial charge in [0.2, 0.25) is 0 Å². The Morgan fingerprint density at radius 2 is 0.594 bits per heavy atom. The molecule has 0 N–H and O–H groups in total. The summed E-state index contributed by atoms with van der Waals surface area (Å²) >= 11 is 0. The van der Waals surface area contributed by atoms with Crippen molar-refractivity contribution in [2.45, 2.75) is 261 Å². The molecule has 4 rings (SSSR count). The van der Waals surface area contributed by atoms with E-state index in [0.717, 1.165) is 6.42 Å². The molecule has 0 spiro atoms. The van der Waals surface area contributed by atoms with E-state index in [1.165, 1.54) is 193 Å².